The van der Waals surface area contributed by atoms with Gasteiger partial charge in [0.15, 0.2) is 0 Å². The van der Waals surface area contributed by atoms with Gasteiger partial charge in [0.2, 0.25) is 0 Å². The predicted octanol–water partition coefficient (Wildman–Crippen LogP) is 3.96. The first-order valence-electron chi connectivity index (χ1n) is 6.48. The van der Waals surface area contributed by atoms with Gasteiger partial charge in [-0.2, -0.15) is 12.6 Å². The van der Waals surface area contributed by atoms with Gasteiger partial charge in [0.1, 0.15) is 11.6 Å². The zero-order valence-electron chi connectivity index (χ0n) is 11.2. The third-order valence-electron chi connectivity index (χ3n) is 3.35. The molecule has 3 aromatic rings. The van der Waals surface area contributed by atoms with Crippen LogP contribution in [0.15, 0.2) is 42.5 Å². The smallest absolute Gasteiger partial charge is 0.123 e. The topological polar surface area (TPSA) is 17.8 Å². The maximum Gasteiger partial charge on any atom is 0.123 e. The normalized spacial score (nSPS) is 11.2. The highest BCUT2D eigenvalue weighted by molar-refractivity contribution is 7.79. The molecule has 0 N–H and O–H groups in total. The zero-order chi connectivity index (χ0) is 14.1. The van der Waals surface area contributed by atoms with E-state index in [1.54, 1.807) is 12.1 Å². The fourth-order valence-corrected chi connectivity index (χ4v) is 2.65. The van der Waals surface area contributed by atoms with Crippen molar-refractivity contribution in [3.05, 3.63) is 65.2 Å². The Hall–Kier alpha value is -1.81. The lowest BCUT2D eigenvalue weighted by Crippen LogP contribution is -2.04. The number of halogens is 1. The SMILES string of the molecule is Cc1ccc2c(c1)nc(CS)n2Cc1cccc(F)c1. The van der Waals surface area contributed by atoms with Crippen LogP contribution in [0.3, 0.4) is 0 Å². The fourth-order valence-electron chi connectivity index (χ4n) is 2.40. The maximum atomic E-state index is 13.3. The second-order valence-electron chi connectivity index (χ2n) is 4.89. The van der Waals surface area contributed by atoms with Crippen molar-refractivity contribution >= 4 is 23.7 Å². The summed E-state index contributed by atoms with van der Waals surface area (Å²) in [6.07, 6.45) is 0. The quantitative estimate of drug-likeness (QED) is 0.721. The first kappa shape index (κ1) is 13.2. The Bertz CT molecular complexity index is 764. The van der Waals surface area contributed by atoms with Gasteiger partial charge >= 0.3 is 0 Å². The minimum atomic E-state index is -0.213. The third kappa shape index (κ3) is 2.43. The van der Waals surface area contributed by atoms with Gasteiger partial charge in [-0.05, 0) is 42.3 Å². The van der Waals surface area contributed by atoms with E-state index in [2.05, 4.69) is 40.4 Å². The molecule has 0 aliphatic heterocycles. The summed E-state index contributed by atoms with van der Waals surface area (Å²) in [5, 5.41) is 0. The number of thiol groups is 1. The summed E-state index contributed by atoms with van der Waals surface area (Å²) >= 11 is 4.35. The van der Waals surface area contributed by atoms with Gasteiger partial charge < -0.3 is 4.57 Å². The van der Waals surface area contributed by atoms with Crippen molar-refractivity contribution in [3.8, 4) is 0 Å². The number of fused-ring (bicyclic) bond motifs is 1. The van der Waals surface area contributed by atoms with E-state index in [4.69, 9.17) is 0 Å². The largest absolute Gasteiger partial charge is 0.323 e. The molecular weight excluding hydrogens is 271 g/mol. The van der Waals surface area contributed by atoms with Gasteiger partial charge in [-0.3, -0.25) is 0 Å². The molecule has 0 saturated heterocycles. The summed E-state index contributed by atoms with van der Waals surface area (Å²) in [4.78, 5) is 4.60. The van der Waals surface area contributed by atoms with E-state index >= 15 is 0 Å². The van der Waals surface area contributed by atoms with Crippen LogP contribution in [0.25, 0.3) is 11.0 Å². The zero-order valence-corrected chi connectivity index (χ0v) is 12.1. The summed E-state index contributed by atoms with van der Waals surface area (Å²) in [7, 11) is 0. The Morgan fingerprint density at radius 1 is 1.20 bits per heavy atom. The number of aryl methyl sites for hydroxylation is 1. The van der Waals surface area contributed by atoms with Crippen LogP contribution >= 0.6 is 12.6 Å². The number of rotatable bonds is 3. The molecule has 0 aliphatic rings. The van der Waals surface area contributed by atoms with Crippen molar-refractivity contribution in [2.24, 2.45) is 0 Å². The van der Waals surface area contributed by atoms with Crippen LogP contribution in [0.5, 0.6) is 0 Å². The summed E-state index contributed by atoms with van der Waals surface area (Å²) in [5.74, 6) is 1.25. The summed E-state index contributed by atoms with van der Waals surface area (Å²) in [6, 6.07) is 12.9. The molecule has 2 nitrogen and oxygen atoms in total. The number of hydrogen-bond donors (Lipinski definition) is 1. The molecule has 1 heterocycles. The molecule has 0 unspecified atom stereocenters. The van der Waals surface area contributed by atoms with Crippen molar-refractivity contribution in [3.63, 3.8) is 0 Å². The molecule has 0 aliphatic carbocycles. The molecule has 0 fully saturated rings. The standard InChI is InChI=1S/C16H15FN2S/c1-11-5-6-15-14(7-11)18-16(10-20)19(15)9-12-3-2-4-13(17)8-12/h2-8,20H,9-10H2,1H3. The molecule has 1 aromatic heterocycles. The first-order valence-corrected chi connectivity index (χ1v) is 7.11. The molecule has 0 amide bonds. The Balaban J connectivity index is 2.10. The van der Waals surface area contributed by atoms with E-state index in [0.717, 1.165) is 22.4 Å². The molecule has 3 rings (SSSR count). The number of imidazole rings is 1. The lowest BCUT2D eigenvalue weighted by molar-refractivity contribution is 0.623. The maximum absolute atomic E-state index is 13.3. The Kier molecular flexibility index (Phi) is 3.49. The molecule has 4 heteroatoms. The number of benzene rings is 2. The van der Waals surface area contributed by atoms with Crippen LogP contribution in [0.4, 0.5) is 4.39 Å². The van der Waals surface area contributed by atoms with E-state index in [1.165, 1.54) is 11.6 Å². The molecule has 102 valence electrons. The van der Waals surface area contributed by atoms with Crippen LogP contribution in [-0.4, -0.2) is 9.55 Å². The molecule has 20 heavy (non-hydrogen) atoms. The average molecular weight is 286 g/mol. The molecule has 0 atom stereocenters. The van der Waals surface area contributed by atoms with Gasteiger partial charge in [0, 0.05) is 12.3 Å². The first-order chi connectivity index (χ1) is 9.67. The monoisotopic (exact) mass is 286 g/mol. The number of aromatic nitrogens is 2. The fraction of sp³-hybridized carbons (Fsp3) is 0.188. The summed E-state index contributed by atoms with van der Waals surface area (Å²) in [5.41, 5.74) is 4.13. The minimum Gasteiger partial charge on any atom is -0.323 e. The lowest BCUT2D eigenvalue weighted by atomic mass is 10.2. The van der Waals surface area contributed by atoms with Crippen molar-refractivity contribution in [1.29, 1.82) is 0 Å². The molecule has 2 aromatic carbocycles. The minimum absolute atomic E-state index is 0.213. The van der Waals surface area contributed by atoms with Crippen molar-refractivity contribution in [1.82, 2.24) is 9.55 Å². The van der Waals surface area contributed by atoms with Crippen molar-refractivity contribution in [2.45, 2.75) is 19.2 Å². The number of hydrogen-bond acceptors (Lipinski definition) is 2. The van der Waals surface area contributed by atoms with Crippen molar-refractivity contribution in [2.75, 3.05) is 0 Å². The molecule has 0 radical (unpaired) electrons. The van der Waals surface area contributed by atoms with Gasteiger partial charge in [-0.15, -0.1) is 0 Å². The van der Waals surface area contributed by atoms with Gasteiger partial charge in [0.05, 0.1) is 11.0 Å². The average Bonchev–Trinajstić information content (AvgIpc) is 2.76. The molecule has 0 saturated carbocycles. The van der Waals surface area contributed by atoms with Crippen LogP contribution in [0.2, 0.25) is 0 Å². The van der Waals surface area contributed by atoms with Crippen LogP contribution in [0, 0.1) is 12.7 Å². The van der Waals surface area contributed by atoms with Gasteiger partial charge in [-0.25, -0.2) is 9.37 Å². The number of nitrogens with zero attached hydrogens (tertiary/aromatic N) is 2. The highest BCUT2D eigenvalue weighted by Gasteiger charge is 2.10. The van der Waals surface area contributed by atoms with E-state index in [-0.39, 0.29) is 5.82 Å². The van der Waals surface area contributed by atoms with E-state index < -0.39 is 0 Å². The van der Waals surface area contributed by atoms with E-state index in [9.17, 15) is 4.39 Å². The van der Waals surface area contributed by atoms with E-state index in [0.29, 0.717) is 12.3 Å². The van der Waals surface area contributed by atoms with Gasteiger partial charge in [-0.1, -0.05) is 18.2 Å². The van der Waals surface area contributed by atoms with Crippen LogP contribution < -0.4 is 0 Å². The Morgan fingerprint density at radius 3 is 2.80 bits per heavy atom. The second-order valence-corrected chi connectivity index (χ2v) is 5.21. The predicted molar refractivity (Wildman–Crippen MR) is 82.7 cm³/mol. The molecular formula is C16H15FN2S. The van der Waals surface area contributed by atoms with Crippen LogP contribution in [0.1, 0.15) is 17.0 Å². The Labute approximate surface area is 122 Å². The summed E-state index contributed by atoms with van der Waals surface area (Å²) in [6.45, 7) is 2.65. The molecule has 0 spiro atoms. The van der Waals surface area contributed by atoms with Crippen molar-refractivity contribution < 1.29 is 4.39 Å². The lowest BCUT2D eigenvalue weighted by Gasteiger charge is -2.08. The van der Waals surface area contributed by atoms with Crippen LogP contribution in [-0.2, 0) is 12.3 Å². The highest BCUT2D eigenvalue weighted by Crippen LogP contribution is 2.20. The molecule has 0 bridgehead atoms. The van der Waals surface area contributed by atoms with E-state index in [1.807, 2.05) is 13.0 Å². The second kappa shape index (κ2) is 5.29. The highest BCUT2D eigenvalue weighted by atomic mass is 32.1. The van der Waals surface area contributed by atoms with Gasteiger partial charge in [0.25, 0.3) is 0 Å². The summed E-state index contributed by atoms with van der Waals surface area (Å²) < 4.78 is 15.4. The third-order valence-corrected chi connectivity index (χ3v) is 3.64. The Morgan fingerprint density at radius 2 is 2.05 bits per heavy atom.